The van der Waals surface area contributed by atoms with Gasteiger partial charge in [-0.05, 0) is 63.2 Å². The maximum absolute atomic E-state index is 8.36. The number of aromatic nitrogens is 2. The van der Waals surface area contributed by atoms with Gasteiger partial charge in [0, 0.05) is 38.6 Å². The molecule has 0 aliphatic rings. The van der Waals surface area contributed by atoms with Crippen molar-refractivity contribution < 1.29 is 21.5 Å². The van der Waals surface area contributed by atoms with Crippen molar-refractivity contribution in [1.82, 2.24) is 9.97 Å². The molecule has 229 valence electrons. The zero-order chi connectivity index (χ0) is 31.9. The summed E-state index contributed by atoms with van der Waals surface area (Å²) in [4.78, 5) is 9.19. The smallest absolute Gasteiger partial charge is 0.0798 e. The van der Waals surface area contributed by atoms with Gasteiger partial charge in [0.15, 0.2) is 0 Å². The molecular weight excluding hydrogens is 761 g/mol. The fraction of sp³-hybridized carbons (Fsp3) is 0.200. The van der Waals surface area contributed by atoms with Crippen LogP contribution < -0.4 is 5.19 Å². The Bertz CT molecular complexity index is 2160. The van der Waals surface area contributed by atoms with Gasteiger partial charge in [-0.25, -0.2) is 0 Å². The normalized spacial score (nSPS) is 12.0. The molecule has 4 aromatic carbocycles. The molecule has 45 heavy (non-hydrogen) atoms. The van der Waals surface area contributed by atoms with Gasteiger partial charge in [0.1, 0.15) is 0 Å². The molecule has 0 aliphatic carbocycles. The van der Waals surface area contributed by atoms with Crippen molar-refractivity contribution in [2.75, 3.05) is 0 Å². The van der Waals surface area contributed by atoms with Gasteiger partial charge in [-0.1, -0.05) is 98.0 Å². The molecule has 0 fully saturated rings. The van der Waals surface area contributed by atoms with Crippen LogP contribution in [0.5, 0.6) is 0 Å². The van der Waals surface area contributed by atoms with E-state index in [2.05, 4.69) is 110 Å². The van der Waals surface area contributed by atoms with Crippen molar-refractivity contribution in [3.63, 3.8) is 0 Å². The second-order valence-corrected chi connectivity index (χ2v) is 18.8. The van der Waals surface area contributed by atoms with E-state index in [4.69, 9.17) is 1.37 Å². The van der Waals surface area contributed by atoms with Crippen LogP contribution in [0.1, 0.15) is 37.8 Å². The molecule has 0 bridgehead atoms. The second-order valence-electron chi connectivity index (χ2n) is 12.7. The molecule has 0 amide bonds. The zero-order valence-corrected chi connectivity index (χ0v) is 31.1. The summed E-state index contributed by atoms with van der Waals surface area (Å²) >= 11 is 1.82. The number of aryl methyl sites for hydroxylation is 2. The summed E-state index contributed by atoms with van der Waals surface area (Å²) in [6.07, 6.45) is 3.86. The van der Waals surface area contributed by atoms with Crippen molar-refractivity contribution >= 4 is 55.5 Å². The van der Waals surface area contributed by atoms with Crippen LogP contribution in [0.4, 0.5) is 0 Å². The molecule has 2 nitrogen and oxygen atoms in total. The topological polar surface area (TPSA) is 25.8 Å². The Morgan fingerprint density at radius 2 is 1.56 bits per heavy atom. The van der Waals surface area contributed by atoms with Gasteiger partial charge in [0.25, 0.3) is 0 Å². The Balaban J connectivity index is 0.000000200. The van der Waals surface area contributed by atoms with E-state index in [0.717, 1.165) is 28.1 Å². The average molecular weight is 800 g/mol. The minimum Gasteiger partial charge on any atom is -0.305 e. The predicted molar refractivity (Wildman–Crippen MR) is 194 cm³/mol. The molecular formula is C40H38IrN2SSi-2. The maximum atomic E-state index is 8.36. The van der Waals surface area contributed by atoms with Gasteiger partial charge in [-0.3, -0.25) is 0 Å². The third-order valence-corrected chi connectivity index (χ3v) is 11.5. The second kappa shape index (κ2) is 13.5. The summed E-state index contributed by atoms with van der Waals surface area (Å²) < 4.78 is 10.9. The third-order valence-electron chi connectivity index (χ3n) is 8.07. The van der Waals surface area contributed by atoms with E-state index in [1.807, 2.05) is 61.6 Å². The van der Waals surface area contributed by atoms with Gasteiger partial charge in [-0.2, -0.15) is 11.3 Å². The van der Waals surface area contributed by atoms with Crippen LogP contribution in [0.3, 0.4) is 0 Å². The molecule has 0 saturated carbocycles. The van der Waals surface area contributed by atoms with Crippen molar-refractivity contribution in [2.45, 2.75) is 53.2 Å². The monoisotopic (exact) mass is 800 g/mol. The molecule has 0 spiro atoms. The summed E-state index contributed by atoms with van der Waals surface area (Å²) in [6, 6.07) is 36.0. The average Bonchev–Trinajstić information content (AvgIpc) is 3.40. The first-order valence-electron chi connectivity index (χ1n) is 15.6. The van der Waals surface area contributed by atoms with Gasteiger partial charge < -0.3 is 9.97 Å². The predicted octanol–water partition coefficient (Wildman–Crippen LogP) is 10.9. The Kier molecular flexibility index (Phi) is 9.44. The van der Waals surface area contributed by atoms with Crippen LogP contribution in [0.25, 0.3) is 53.5 Å². The van der Waals surface area contributed by atoms with Crippen molar-refractivity contribution in [2.24, 2.45) is 0 Å². The van der Waals surface area contributed by atoms with E-state index in [0.29, 0.717) is 0 Å². The minimum absolute atomic E-state index is 0. The van der Waals surface area contributed by atoms with E-state index < -0.39 is 14.0 Å². The van der Waals surface area contributed by atoms with E-state index in [9.17, 15) is 0 Å². The number of pyridine rings is 2. The molecule has 7 aromatic rings. The fourth-order valence-corrected chi connectivity index (χ4v) is 8.78. The Morgan fingerprint density at radius 1 is 0.778 bits per heavy atom. The molecule has 3 heterocycles. The number of fused-ring (bicyclic) bond motifs is 5. The Morgan fingerprint density at radius 3 is 2.27 bits per heavy atom. The van der Waals surface area contributed by atoms with E-state index in [-0.39, 0.29) is 20.1 Å². The Hall–Kier alpha value is -3.47. The van der Waals surface area contributed by atoms with Crippen molar-refractivity contribution in [1.29, 1.82) is 0 Å². The molecule has 7 rings (SSSR count). The number of hydrogen-bond donors (Lipinski definition) is 0. The van der Waals surface area contributed by atoms with Gasteiger partial charge in [-0.15, -0.1) is 59.7 Å². The molecule has 0 atom stereocenters. The number of benzene rings is 4. The van der Waals surface area contributed by atoms with Crippen molar-refractivity contribution in [3.05, 3.63) is 126 Å². The first-order valence-corrected chi connectivity index (χ1v) is 19.4. The number of thiophene rings is 1. The first-order chi connectivity index (χ1) is 21.4. The Labute approximate surface area is 287 Å². The van der Waals surface area contributed by atoms with E-state index >= 15 is 0 Å². The molecule has 0 unspecified atom stereocenters. The standard InChI is InChI=1S/C25H20NS.C15H18NSi.Ir/c1-15(2)18-11-12-26-23(14-18)21-6-4-5-19-20-10-9-17-8-7-16(3)13-22(17)25(20)27-24(19)21;1-12-10-14(13-8-6-5-7-9-13)16-11-15(12)17(2,3)4;/h4-5,7-15H,1-3H3;5-8,10-11H,1-4H3;/q2*-1;/i15D;;. The van der Waals surface area contributed by atoms with Gasteiger partial charge in [0.2, 0.25) is 0 Å². The molecule has 1 radical (unpaired) electrons. The molecule has 5 heteroatoms. The number of rotatable bonds is 4. The SMILES string of the molecule is Cc1cc(-c2[c-]cccc2)ncc1[Si](C)(C)C.[2H]C(C)(C)c1ccnc(-c2[c-]ccc3c2sc2c4cc(C)ccc4ccc32)c1.[Ir]. The largest absolute Gasteiger partial charge is 0.305 e. The summed E-state index contributed by atoms with van der Waals surface area (Å²) in [5.41, 5.74) is 7.58. The van der Waals surface area contributed by atoms with Crippen LogP contribution >= 0.6 is 11.3 Å². The summed E-state index contributed by atoms with van der Waals surface area (Å²) in [6.45, 7) is 15.2. The fourth-order valence-electron chi connectivity index (χ4n) is 5.74. The summed E-state index contributed by atoms with van der Waals surface area (Å²) in [5, 5.41) is 6.54. The maximum Gasteiger partial charge on any atom is 0.0798 e. The van der Waals surface area contributed by atoms with Gasteiger partial charge >= 0.3 is 0 Å². The third kappa shape index (κ3) is 6.88. The van der Waals surface area contributed by atoms with Crippen LogP contribution in [0.15, 0.2) is 97.3 Å². The first kappa shape index (κ1) is 31.5. The van der Waals surface area contributed by atoms with Crippen molar-refractivity contribution in [3.8, 4) is 22.5 Å². The van der Waals surface area contributed by atoms with Crippen LogP contribution in [0.2, 0.25) is 19.6 Å². The minimum atomic E-state index is -1.27. The molecule has 3 aromatic heterocycles. The van der Waals surface area contributed by atoms with Crippen LogP contribution in [0, 0.1) is 26.0 Å². The van der Waals surface area contributed by atoms with Crippen LogP contribution in [-0.2, 0) is 20.1 Å². The quantitative estimate of drug-likeness (QED) is 0.131. The van der Waals surface area contributed by atoms with E-state index in [1.54, 1.807) is 6.20 Å². The van der Waals surface area contributed by atoms with Crippen LogP contribution in [-0.4, -0.2) is 18.0 Å². The molecule has 0 saturated heterocycles. The molecule has 0 aliphatic heterocycles. The number of hydrogen-bond acceptors (Lipinski definition) is 3. The van der Waals surface area contributed by atoms with Gasteiger partial charge in [0.05, 0.1) is 8.07 Å². The summed E-state index contributed by atoms with van der Waals surface area (Å²) in [5.74, 6) is -0.653. The zero-order valence-electron chi connectivity index (χ0n) is 27.9. The summed E-state index contributed by atoms with van der Waals surface area (Å²) in [7, 11) is -1.27. The number of nitrogens with zero attached hydrogens (tertiary/aromatic N) is 2. The van der Waals surface area contributed by atoms with E-state index in [1.165, 1.54) is 47.3 Å². The molecule has 0 N–H and O–H groups in total.